The number of hydrogen-bond acceptors (Lipinski definition) is 3. The summed E-state index contributed by atoms with van der Waals surface area (Å²) < 4.78 is 10.5. The summed E-state index contributed by atoms with van der Waals surface area (Å²) in [4.78, 5) is 11.4. The van der Waals surface area contributed by atoms with E-state index in [1.165, 1.54) is 0 Å². The van der Waals surface area contributed by atoms with Crippen molar-refractivity contribution in [3.63, 3.8) is 0 Å². The van der Waals surface area contributed by atoms with Crippen molar-refractivity contribution < 1.29 is 14.3 Å². The van der Waals surface area contributed by atoms with Crippen molar-refractivity contribution in [2.24, 2.45) is 5.41 Å². The fourth-order valence-electron chi connectivity index (χ4n) is 1.13. The molecule has 0 heterocycles. The van der Waals surface area contributed by atoms with Crippen molar-refractivity contribution in [2.75, 3.05) is 6.79 Å². The average Bonchev–Trinajstić information content (AvgIpc) is 2.14. The van der Waals surface area contributed by atoms with Crippen LogP contribution in [0.4, 0.5) is 0 Å². The Kier molecular flexibility index (Phi) is 6.57. The lowest BCUT2D eigenvalue weighted by atomic mass is 9.98. The van der Waals surface area contributed by atoms with Crippen molar-refractivity contribution in [3.05, 3.63) is 0 Å². The summed E-state index contributed by atoms with van der Waals surface area (Å²) in [5, 5.41) is 0. The third kappa shape index (κ3) is 6.50. The molecular weight excluding hydrogens is 192 g/mol. The summed E-state index contributed by atoms with van der Waals surface area (Å²) in [5.41, 5.74) is -0.449. The van der Waals surface area contributed by atoms with Gasteiger partial charge in [0.2, 0.25) is 0 Å². The van der Waals surface area contributed by atoms with Crippen LogP contribution >= 0.6 is 0 Å². The number of hydrogen-bond donors (Lipinski definition) is 0. The van der Waals surface area contributed by atoms with E-state index in [2.05, 4.69) is 13.8 Å². The van der Waals surface area contributed by atoms with Gasteiger partial charge in [0.05, 0.1) is 11.5 Å². The maximum Gasteiger partial charge on any atom is 0.313 e. The highest BCUT2D eigenvalue weighted by Crippen LogP contribution is 2.15. The Morgan fingerprint density at radius 2 is 1.87 bits per heavy atom. The van der Waals surface area contributed by atoms with Gasteiger partial charge >= 0.3 is 5.97 Å². The van der Waals surface area contributed by atoms with Gasteiger partial charge < -0.3 is 9.47 Å². The van der Waals surface area contributed by atoms with E-state index in [4.69, 9.17) is 9.47 Å². The zero-order chi connectivity index (χ0) is 11.9. The van der Waals surface area contributed by atoms with Crippen LogP contribution in [-0.4, -0.2) is 18.9 Å². The van der Waals surface area contributed by atoms with E-state index in [-0.39, 0.29) is 18.9 Å². The molecule has 0 fully saturated rings. The van der Waals surface area contributed by atoms with Crippen LogP contribution in [-0.2, 0) is 14.3 Å². The van der Waals surface area contributed by atoms with Gasteiger partial charge in [-0.25, -0.2) is 0 Å². The molecule has 3 heteroatoms. The van der Waals surface area contributed by atoms with E-state index in [0.717, 1.165) is 19.3 Å². The number of carbonyl (C=O) groups excluding carboxylic acids is 1. The summed E-state index contributed by atoms with van der Waals surface area (Å²) >= 11 is 0. The zero-order valence-corrected chi connectivity index (χ0v) is 10.6. The lowest BCUT2D eigenvalue weighted by Crippen LogP contribution is -2.25. The van der Waals surface area contributed by atoms with Crippen molar-refractivity contribution in [2.45, 2.75) is 60.0 Å². The standard InChI is InChI=1S/C12H24O3/c1-6-8-10(7-2)14-9-15-11(13)12(3,4)5/h10H,6-9H2,1-5H3. The molecule has 0 N–H and O–H groups in total. The van der Waals surface area contributed by atoms with Gasteiger partial charge in [-0.15, -0.1) is 0 Å². The highest BCUT2D eigenvalue weighted by atomic mass is 16.7. The van der Waals surface area contributed by atoms with Gasteiger partial charge in [-0.2, -0.15) is 0 Å². The van der Waals surface area contributed by atoms with Gasteiger partial charge in [-0.3, -0.25) is 4.79 Å². The molecule has 15 heavy (non-hydrogen) atoms. The SMILES string of the molecule is CCCC(CC)OCOC(=O)C(C)(C)C. The lowest BCUT2D eigenvalue weighted by molar-refractivity contribution is -0.170. The Morgan fingerprint density at radius 1 is 1.27 bits per heavy atom. The molecule has 0 spiro atoms. The van der Waals surface area contributed by atoms with Gasteiger partial charge in [-0.05, 0) is 33.6 Å². The summed E-state index contributed by atoms with van der Waals surface area (Å²) in [6, 6.07) is 0. The quantitative estimate of drug-likeness (QED) is 0.505. The second-order valence-electron chi connectivity index (χ2n) is 4.79. The van der Waals surface area contributed by atoms with Crippen molar-refractivity contribution >= 4 is 5.97 Å². The molecule has 0 aliphatic heterocycles. The zero-order valence-electron chi connectivity index (χ0n) is 10.6. The van der Waals surface area contributed by atoms with E-state index in [0.29, 0.717) is 0 Å². The molecule has 0 aromatic heterocycles. The summed E-state index contributed by atoms with van der Waals surface area (Å²) in [5.74, 6) is -0.214. The molecule has 0 aliphatic carbocycles. The van der Waals surface area contributed by atoms with Crippen LogP contribution in [0.3, 0.4) is 0 Å². The van der Waals surface area contributed by atoms with Crippen LogP contribution in [0.5, 0.6) is 0 Å². The molecule has 0 radical (unpaired) electrons. The molecule has 1 unspecified atom stereocenters. The summed E-state index contributed by atoms with van der Waals surface area (Å²) in [6.45, 7) is 9.77. The number of rotatable bonds is 6. The molecule has 0 bridgehead atoms. The van der Waals surface area contributed by atoms with Gasteiger partial charge in [0.1, 0.15) is 0 Å². The van der Waals surface area contributed by atoms with Crippen LogP contribution in [0.25, 0.3) is 0 Å². The van der Waals surface area contributed by atoms with E-state index in [1.807, 2.05) is 20.8 Å². The third-order valence-corrected chi connectivity index (χ3v) is 2.17. The van der Waals surface area contributed by atoms with Crippen molar-refractivity contribution in [1.29, 1.82) is 0 Å². The van der Waals surface area contributed by atoms with E-state index < -0.39 is 5.41 Å². The fraction of sp³-hybridized carbons (Fsp3) is 0.917. The normalized spacial score (nSPS) is 13.7. The van der Waals surface area contributed by atoms with Crippen LogP contribution in [0.2, 0.25) is 0 Å². The average molecular weight is 216 g/mol. The molecule has 0 aromatic carbocycles. The first-order chi connectivity index (χ1) is 6.91. The Hall–Kier alpha value is -0.570. The number of carbonyl (C=O) groups is 1. The predicted octanol–water partition coefficient (Wildman–Crippen LogP) is 3.13. The Bertz CT molecular complexity index is 182. The minimum Gasteiger partial charge on any atom is -0.438 e. The van der Waals surface area contributed by atoms with Gasteiger partial charge in [0.25, 0.3) is 0 Å². The largest absolute Gasteiger partial charge is 0.438 e. The number of ether oxygens (including phenoxy) is 2. The molecular formula is C12H24O3. The smallest absolute Gasteiger partial charge is 0.313 e. The second-order valence-corrected chi connectivity index (χ2v) is 4.79. The van der Waals surface area contributed by atoms with Crippen LogP contribution < -0.4 is 0 Å². The Balaban J connectivity index is 3.73. The van der Waals surface area contributed by atoms with Crippen molar-refractivity contribution in [3.8, 4) is 0 Å². The molecule has 0 saturated heterocycles. The van der Waals surface area contributed by atoms with Gasteiger partial charge in [0, 0.05) is 0 Å². The highest BCUT2D eigenvalue weighted by Gasteiger charge is 2.23. The fourth-order valence-corrected chi connectivity index (χ4v) is 1.13. The molecule has 0 amide bonds. The topological polar surface area (TPSA) is 35.5 Å². The van der Waals surface area contributed by atoms with Crippen molar-refractivity contribution in [1.82, 2.24) is 0 Å². The molecule has 0 saturated carbocycles. The molecule has 0 rings (SSSR count). The first kappa shape index (κ1) is 14.4. The molecule has 90 valence electrons. The van der Waals surface area contributed by atoms with Gasteiger partial charge in [0.15, 0.2) is 6.79 Å². The van der Waals surface area contributed by atoms with Gasteiger partial charge in [-0.1, -0.05) is 20.3 Å². The predicted molar refractivity (Wildman–Crippen MR) is 60.5 cm³/mol. The first-order valence-electron chi connectivity index (χ1n) is 5.70. The minimum atomic E-state index is -0.449. The highest BCUT2D eigenvalue weighted by molar-refractivity contribution is 5.75. The minimum absolute atomic E-state index is 0.0780. The maximum atomic E-state index is 11.4. The van der Waals surface area contributed by atoms with Crippen LogP contribution in [0.1, 0.15) is 53.9 Å². The lowest BCUT2D eigenvalue weighted by Gasteiger charge is -2.19. The monoisotopic (exact) mass is 216 g/mol. The third-order valence-electron chi connectivity index (χ3n) is 2.17. The van der Waals surface area contributed by atoms with Crippen LogP contribution in [0, 0.1) is 5.41 Å². The van der Waals surface area contributed by atoms with E-state index >= 15 is 0 Å². The van der Waals surface area contributed by atoms with E-state index in [1.54, 1.807) is 0 Å². The number of esters is 1. The Labute approximate surface area is 93.1 Å². The second kappa shape index (κ2) is 6.83. The molecule has 0 aliphatic rings. The van der Waals surface area contributed by atoms with E-state index in [9.17, 15) is 4.79 Å². The molecule has 1 atom stereocenters. The Morgan fingerprint density at radius 3 is 2.27 bits per heavy atom. The van der Waals surface area contributed by atoms with Crippen LogP contribution in [0.15, 0.2) is 0 Å². The summed E-state index contributed by atoms with van der Waals surface area (Å²) in [6.07, 6.45) is 3.28. The first-order valence-corrected chi connectivity index (χ1v) is 5.70. The molecule has 0 aromatic rings. The molecule has 3 nitrogen and oxygen atoms in total. The maximum absolute atomic E-state index is 11.4. The summed E-state index contributed by atoms with van der Waals surface area (Å²) in [7, 11) is 0.